The third-order valence-electron chi connectivity index (χ3n) is 5.28. The van der Waals surface area contributed by atoms with Crippen LogP contribution in [0.15, 0.2) is 41.5 Å². The van der Waals surface area contributed by atoms with Crippen LogP contribution in [0.3, 0.4) is 0 Å². The van der Waals surface area contributed by atoms with Crippen molar-refractivity contribution in [3.8, 4) is 6.07 Å². The van der Waals surface area contributed by atoms with Gasteiger partial charge in [0.2, 0.25) is 0 Å². The zero-order valence-corrected chi connectivity index (χ0v) is 17.6. The standard InChI is InChI=1S/C20H21F2N5O3S/c1-19(2)18(24)27-20(10-21,11-31(19,29)30)14-7-13(4-5-15(14)22)26-17(28)16-6-3-12(8-23)9-25-16/h3-7,9,29-30H,10-11H2,1-2H3,(H2,24,27)(H,26,28)/t20-/m0/s1. The predicted octanol–water partition coefficient (Wildman–Crippen LogP) is 3.41. The van der Waals surface area contributed by atoms with Crippen molar-refractivity contribution < 1.29 is 22.7 Å². The molecule has 0 saturated carbocycles. The van der Waals surface area contributed by atoms with E-state index in [9.17, 15) is 22.7 Å². The molecule has 2 aromatic rings. The van der Waals surface area contributed by atoms with E-state index in [1.807, 2.05) is 6.07 Å². The van der Waals surface area contributed by atoms with E-state index >= 15 is 0 Å². The highest BCUT2D eigenvalue weighted by atomic mass is 32.3. The molecule has 0 bridgehead atoms. The van der Waals surface area contributed by atoms with Crippen LogP contribution in [0.5, 0.6) is 0 Å². The number of nitrogens with two attached hydrogens (primary N) is 1. The number of alkyl halides is 1. The van der Waals surface area contributed by atoms with Gasteiger partial charge in [0.1, 0.15) is 40.4 Å². The average molecular weight is 449 g/mol. The summed E-state index contributed by atoms with van der Waals surface area (Å²) in [5.74, 6) is -2.23. The van der Waals surface area contributed by atoms with E-state index in [0.29, 0.717) is 0 Å². The van der Waals surface area contributed by atoms with E-state index in [-0.39, 0.29) is 28.3 Å². The maximum atomic E-state index is 14.7. The summed E-state index contributed by atoms with van der Waals surface area (Å²) < 4.78 is 48.8. The summed E-state index contributed by atoms with van der Waals surface area (Å²) in [6.45, 7) is 1.72. The number of carbonyl (C=O) groups excluding carboxylic acids is 1. The second-order valence-corrected chi connectivity index (χ2v) is 10.3. The Morgan fingerprint density at radius 3 is 2.61 bits per heavy atom. The molecule has 8 nitrogen and oxygen atoms in total. The number of benzene rings is 1. The van der Waals surface area contributed by atoms with Gasteiger partial charge in [-0.25, -0.2) is 13.8 Å². The Bertz CT molecular complexity index is 1100. The fraction of sp³-hybridized carbons (Fsp3) is 0.300. The molecule has 3 rings (SSSR count). The van der Waals surface area contributed by atoms with Gasteiger partial charge < -0.3 is 11.1 Å². The zero-order chi connectivity index (χ0) is 23.0. The van der Waals surface area contributed by atoms with E-state index in [2.05, 4.69) is 15.3 Å². The van der Waals surface area contributed by atoms with Gasteiger partial charge in [0.25, 0.3) is 5.91 Å². The quantitative estimate of drug-likeness (QED) is 0.563. The highest BCUT2D eigenvalue weighted by Crippen LogP contribution is 2.59. The molecular weight excluding hydrogens is 428 g/mol. The molecule has 0 spiro atoms. The minimum absolute atomic E-state index is 0.0148. The molecular formula is C20H21F2N5O3S. The number of aromatic nitrogens is 1. The number of halogens is 2. The molecule has 0 fully saturated rings. The molecule has 2 heterocycles. The fourth-order valence-electron chi connectivity index (χ4n) is 3.11. The summed E-state index contributed by atoms with van der Waals surface area (Å²) in [5.41, 5.74) is 4.11. The Kier molecular flexibility index (Phi) is 5.75. The maximum Gasteiger partial charge on any atom is 0.274 e. The first-order chi connectivity index (χ1) is 14.5. The first kappa shape index (κ1) is 22.6. The smallest absolute Gasteiger partial charge is 0.274 e. The number of pyridine rings is 1. The number of hydrogen-bond donors (Lipinski definition) is 4. The van der Waals surface area contributed by atoms with Crippen LogP contribution in [0.2, 0.25) is 0 Å². The largest absolute Gasteiger partial charge is 0.386 e. The van der Waals surface area contributed by atoms with Crippen LogP contribution in [0.1, 0.15) is 35.5 Å². The van der Waals surface area contributed by atoms with Gasteiger partial charge in [0.05, 0.1) is 11.3 Å². The van der Waals surface area contributed by atoms with Gasteiger partial charge in [0, 0.05) is 17.4 Å². The summed E-state index contributed by atoms with van der Waals surface area (Å²) in [4.78, 5) is 20.4. The molecule has 1 aromatic heterocycles. The maximum absolute atomic E-state index is 14.7. The summed E-state index contributed by atoms with van der Waals surface area (Å²) >= 11 is 0. The number of carbonyl (C=O) groups is 1. The molecule has 1 atom stereocenters. The second kappa shape index (κ2) is 7.88. The molecule has 31 heavy (non-hydrogen) atoms. The van der Waals surface area contributed by atoms with Crippen LogP contribution in [-0.2, 0) is 5.54 Å². The number of nitrogens with zero attached hydrogens (tertiary/aromatic N) is 3. The summed E-state index contributed by atoms with van der Waals surface area (Å²) in [5, 5.41) is 11.3. The van der Waals surface area contributed by atoms with E-state index in [0.717, 1.165) is 6.07 Å². The van der Waals surface area contributed by atoms with Crippen LogP contribution < -0.4 is 11.1 Å². The first-order valence-electron chi connectivity index (χ1n) is 9.10. The normalized spacial score (nSPS) is 22.7. The number of amides is 1. The Balaban J connectivity index is 1.99. The Labute approximate surface area is 179 Å². The van der Waals surface area contributed by atoms with Crippen molar-refractivity contribution in [2.24, 2.45) is 10.7 Å². The third-order valence-corrected chi connectivity index (χ3v) is 8.00. The molecule has 1 amide bonds. The third kappa shape index (κ3) is 3.97. The van der Waals surface area contributed by atoms with Gasteiger partial charge in [-0.1, -0.05) is 0 Å². The lowest BCUT2D eigenvalue weighted by molar-refractivity contribution is 0.102. The number of amidine groups is 1. The molecule has 1 aliphatic heterocycles. The van der Waals surface area contributed by atoms with Gasteiger partial charge in [-0.05, 0) is 44.2 Å². The van der Waals surface area contributed by atoms with E-state index < -0.39 is 45.0 Å². The number of rotatable bonds is 4. The van der Waals surface area contributed by atoms with Crippen LogP contribution in [0.25, 0.3) is 0 Å². The molecule has 0 unspecified atom stereocenters. The van der Waals surface area contributed by atoms with Crippen LogP contribution in [0.4, 0.5) is 14.5 Å². The summed E-state index contributed by atoms with van der Waals surface area (Å²) in [6.07, 6.45) is 1.23. The topological polar surface area (TPSA) is 145 Å². The number of hydrogen-bond acceptors (Lipinski definition) is 7. The molecule has 1 aliphatic rings. The van der Waals surface area contributed by atoms with Crippen molar-refractivity contribution in [2.45, 2.75) is 24.1 Å². The highest BCUT2D eigenvalue weighted by Gasteiger charge is 2.51. The van der Waals surface area contributed by atoms with E-state index in [4.69, 9.17) is 11.0 Å². The van der Waals surface area contributed by atoms with E-state index in [1.165, 1.54) is 44.3 Å². The van der Waals surface area contributed by atoms with Crippen molar-refractivity contribution >= 4 is 28.0 Å². The van der Waals surface area contributed by atoms with E-state index in [1.54, 1.807) is 0 Å². The van der Waals surface area contributed by atoms with Gasteiger partial charge in [0.15, 0.2) is 0 Å². The van der Waals surface area contributed by atoms with Crippen molar-refractivity contribution in [3.63, 3.8) is 0 Å². The number of anilines is 1. The molecule has 0 aliphatic carbocycles. The lowest BCUT2D eigenvalue weighted by Crippen LogP contribution is -2.53. The van der Waals surface area contributed by atoms with Crippen molar-refractivity contribution in [1.82, 2.24) is 4.98 Å². The highest BCUT2D eigenvalue weighted by molar-refractivity contribution is 8.26. The molecule has 5 N–H and O–H groups in total. The fourth-order valence-corrected chi connectivity index (χ4v) is 4.81. The van der Waals surface area contributed by atoms with Crippen LogP contribution >= 0.6 is 10.6 Å². The molecule has 0 saturated heterocycles. The Morgan fingerprint density at radius 2 is 2.06 bits per heavy atom. The van der Waals surface area contributed by atoms with Gasteiger partial charge in [-0.3, -0.25) is 18.9 Å². The number of nitriles is 1. The Morgan fingerprint density at radius 1 is 1.35 bits per heavy atom. The minimum Gasteiger partial charge on any atom is -0.386 e. The van der Waals surface area contributed by atoms with Crippen LogP contribution in [-0.4, -0.2) is 43.0 Å². The van der Waals surface area contributed by atoms with Gasteiger partial charge in [-0.2, -0.15) is 15.9 Å². The lowest BCUT2D eigenvalue weighted by Gasteiger charge is -2.53. The predicted molar refractivity (Wildman–Crippen MR) is 114 cm³/mol. The van der Waals surface area contributed by atoms with Gasteiger partial charge in [-0.15, -0.1) is 0 Å². The number of nitrogens with one attached hydrogen (secondary N) is 1. The molecule has 1 aromatic carbocycles. The van der Waals surface area contributed by atoms with Gasteiger partial charge >= 0.3 is 0 Å². The number of aliphatic imine (C=N–C) groups is 1. The Hall–Kier alpha value is -3.07. The van der Waals surface area contributed by atoms with Crippen molar-refractivity contribution in [3.05, 3.63) is 59.2 Å². The van der Waals surface area contributed by atoms with Crippen molar-refractivity contribution in [2.75, 3.05) is 17.7 Å². The minimum atomic E-state index is -3.47. The summed E-state index contributed by atoms with van der Waals surface area (Å²) in [7, 11) is -3.47. The van der Waals surface area contributed by atoms with Crippen molar-refractivity contribution in [1.29, 1.82) is 5.26 Å². The second-order valence-electron chi connectivity index (χ2n) is 7.68. The lowest BCUT2D eigenvalue weighted by atomic mass is 9.92. The molecule has 164 valence electrons. The zero-order valence-electron chi connectivity index (χ0n) is 16.8. The SMILES string of the molecule is CC1(C)C(N)=N[C@](CF)(c2cc(NC(=O)c3ccc(C#N)cn3)ccc2F)CS1(O)O. The monoisotopic (exact) mass is 449 g/mol. The van der Waals surface area contributed by atoms with Crippen LogP contribution in [0, 0.1) is 17.1 Å². The average Bonchev–Trinajstić information content (AvgIpc) is 2.73. The first-order valence-corrected chi connectivity index (χ1v) is 10.8. The molecule has 11 heteroatoms. The molecule has 0 radical (unpaired) electrons. The summed E-state index contributed by atoms with van der Waals surface area (Å²) in [6, 6.07) is 8.13.